The molecule has 0 aliphatic rings. The molecule has 0 unspecified atom stereocenters. The van der Waals surface area contributed by atoms with Crippen LogP contribution in [0.4, 0.5) is 5.82 Å². The molecule has 6 heteroatoms. The number of aromatic nitrogens is 1. The van der Waals surface area contributed by atoms with Crippen LogP contribution in [0.5, 0.6) is 5.75 Å². The zero-order valence-electron chi connectivity index (χ0n) is 9.25. The fraction of sp³-hybridized carbons (Fsp3) is 0.0833. The normalized spacial score (nSPS) is 10.1. The number of hydrogen-bond acceptors (Lipinski definition) is 4. The molecule has 0 atom stereocenters. The van der Waals surface area contributed by atoms with E-state index in [1.54, 1.807) is 0 Å². The number of benzene rings is 1. The lowest BCUT2D eigenvalue weighted by Gasteiger charge is -2.06. The summed E-state index contributed by atoms with van der Waals surface area (Å²) < 4.78 is 5.38. The van der Waals surface area contributed by atoms with Gasteiger partial charge in [0, 0.05) is 6.07 Å². The molecule has 5 nitrogen and oxygen atoms in total. The molecule has 92 valence electrons. The van der Waals surface area contributed by atoms with Crippen LogP contribution in [0.3, 0.4) is 0 Å². The third kappa shape index (κ3) is 2.95. The van der Waals surface area contributed by atoms with Gasteiger partial charge in [0.2, 0.25) is 5.75 Å². The monoisotopic (exact) mass is 264 g/mol. The first-order valence-corrected chi connectivity index (χ1v) is 5.51. The van der Waals surface area contributed by atoms with Gasteiger partial charge in [-0.05, 0) is 15.5 Å². The molecule has 0 bridgehead atoms. The molecule has 0 amide bonds. The molecule has 1 aromatic carbocycles. The van der Waals surface area contributed by atoms with Crippen molar-refractivity contribution in [2.24, 2.45) is 0 Å². The van der Waals surface area contributed by atoms with E-state index in [4.69, 9.17) is 16.3 Å². The minimum Gasteiger partial charge on any atom is -0.481 e. The van der Waals surface area contributed by atoms with Crippen molar-refractivity contribution in [3.05, 3.63) is 63.3 Å². The Hall–Kier alpha value is -2.14. The first-order chi connectivity index (χ1) is 8.66. The number of pyridine rings is 1. The molecular formula is C12H9ClN2O3. The molecule has 2 aromatic rings. The van der Waals surface area contributed by atoms with Crippen LogP contribution >= 0.6 is 11.6 Å². The summed E-state index contributed by atoms with van der Waals surface area (Å²) in [6.45, 7) is 0.226. The van der Waals surface area contributed by atoms with E-state index in [0.29, 0.717) is 5.02 Å². The van der Waals surface area contributed by atoms with E-state index >= 15 is 0 Å². The summed E-state index contributed by atoms with van der Waals surface area (Å²) in [4.78, 5) is 13.8. The highest BCUT2D eigenvalue weighted by Gasteiger charge is 2.17. The molecule has 0 saturated heterocycles. The van der Waals surface area contributed by atoms with Crippen molar-refractivity contribution in [2.45, 2.75) is 6.61 Å². The van der Waals surface area contributed by atoms with Crippen molar-refractivity contribution in [2.75, 3.05) is 0 Å². The molecule has 0 saturated carbocycles. The van der Waals surface area contributed by atoms with Gasteiger partial charge in [0.1, 0.15) is 6.61 Å². The fourth-order valence-electron chi connectivity index (χ4n) is 1.39. The lowest BCUT2D eigenvalue weighted by atomic mass is 10.2. The lowest BCUT2D eigenvalue weighted by Crippen LogP contribution is -2.00. The van der Waals surface area contributed by atoms with Crippen molar-refractivity contribution >= 4 is 17.4 Å². The molecular weight excluding hydrogens is 256 g/mol. The SMILES string of the molecule is O=[N+]([O-])c1ncc(Cl)cc1OCc1ccccc1. The Bertz CT molecular complexity index is 561. The van der Waals surface area contributed by atoms with Gasteiger partial charge in [-0.3, -0.25) is 0 Å². The van der Waals surface area contributed by atoms with Gasteiger partial charge in [-0.1, -0.05) is 41.9 Å². The molecule has 0 spiro atoms. The number of halogens is 1. The molecule has 2 rings (SSSR count). The third-order valence-electron chi connectivity index (χ3n) is 2.21. The number of rotatable bonds is 4. The van der Waals surface area contributed by atoms with E-state index in [9.17, 15) is 10.1 Å². The topological polar surface area (TPSA) is 65.3 Å². The molecule has 0 aliphatic carbocycles. The molecule has 0 N–H and O–H groups in total. The first kappa shape index (κ1) is 12.3. The summed E-state index contributed by atoms with van der Waals surface area (Å²) in [6.07, 6.45) is 1.22. The van der Waals surface area contributed by atoms with E-state index in [-0.39, 0.29) is 18.2 Å². The zero-order valence-corrected chi connectivity index (χ0v) is 10.0. The Morgan fingerprint density at radius 3 is 2.72 bits per heavy atom. The largest absolute Gasteiger partial charge is 0.481 e. The standard InChI is InChI=1S/C12H9ClN2O3/c13-10-6-11(12(14-7-10)15(16)17)18-8-9-4-2-1-3-5-9/h1-7H,8H2. The van der Waals surface area contributed by atoms with Gasteiger partial charge < -0.3 is 14.9 Å². The average molecular weight is 265 g/mol. The summed E-state index contributed by atoms with van der Waals surface area (Å²) in [5.41, 5.74) is 0.909. The van der Waals surface area contributed by atoms with Gasteiger partial charge in [-0.15, -0.1) is 0 Å². The quantitative estimate of drug-likeness (QED) is 0.628. The van der Waals surface area contributed by atoms with E-state index < -0.39 is 4.92 Å². The summed E-state index contributed by atoms with van der Waals surface area (Å²) in [7, 11) is 0. The van der Waals surface area contributed by atoms with Gasteiger partial charge in [0.15, 0.2) is 6.20 Å². The van der Waals surface area contributed by atoms with Crippen molar-refractivity contribution in [1.29, 1.82) is 0 Å². The second-order valence-electron chi connectivity index (χ2n) is 3.51. The maximum Gasteiger partial charge on any atom is 0.406 e. The Kier molecular flexibility index (Phi) is 3.74. The average Bonchev–Trinajstić information content (AvgIpc) is 2.37. The predicted molar refractivity (Wildman–Crippen MR) is 66.7 cm³/mol. The van der Waals surface area contributed by atoms with E-state index in [0.717, 1.165) is 5.56 Å². The van der Waals surface area contributed by atoms with Gasteiger partial charge in [0.25, 0.3) is 0 Å². The number of ether oxygens (including phenoxy) is 1. The maximum atomic E-state index is 10.8. The Balaban J connectivity index is 2.18. The predicted octanol–water partition coefficient (Wildman–Crippen LogP) is 3.22. The second kappa shape index (κ2) is 5.46. The smallest absolute Gasteiger partial charge is 0.406 e. The second-order valence-corrected chi connectivity index (χ2v) is 3.94. The Morgan fingerprint density at radius 1 is 1.33 bits per heavy atom. The highest BCUT2D eigenvalue weighted by atomic mass is 35.5. The number of nitro groups is 1. The Morgan fingerprint density at radius 2 is 2.06 bits per heavy atom. The molecule has 1 aromatic heterocycles. The molecule has 1 heterocycles. The minimum absolute atomic E-state index is 0.0661. The van der Waals surface area contributed by atoms with Crippen LogP contribution in [0.1, 0.15) is 5.56 Å². The molecule has 0 aliphatic heterocycles. The van der Waals surface area contributed by atoms with Crippen LogP contribution < -0.4 is 4.74 Å². The summed E-state index contributed by atoms with van der Waals surface area (Å²) in [5.74, 6) is -0.272. The van der Waals surface area contributed by atoms with E-state index in [1.807, 2.05) is 30.3 Å². The minimum atomic E-state index is -0.601. The lowest BCUT2D eigenvalue weighted by molar-refractivity contribution is -0.390. The maximum absolute atomic E-state index is 10.8. The molecule has 0 radical (unpaired) electrons. The van der Waals surface area contributed by atoms with Gasteiger partial charge in [0.05, 0.1) is 5.02 Å². The highest BCUT2D eigenvalue weighted by molar-refractivity contribution is 6.30. The van der Waals surface area contributed by atoms with Gasteiger partial charge in [-0.25, -0.2) is 0 Å². The van der Waals surface area contributed by atoms with Gasteiger partial charge in [-0.2, -0.15) is 0 Å². The Labute approximate surface area is 108 Å². The zero-order chi connectivity index (χ0) is 13.0. The van der Waals surface area contributed by atoms with Crippen LogP contribution in [0.25, 0.3) is 0 Å². The summed E-state index contributed by atoms with van der Waals surface area (Å²) >= 11 is 5.74. The first-order valence-electron chi connectivity index (χ1n) is 5.13. The van der Waals surface area contributed by atoms with Crippen molar-refractivity contribution < 1.29 is 9.66 Å². The number of hydrogen-bond donors (Lipinski definition) is 0. The summed E-state index contributed by atoms with van der Waals surface area (Å²) in [5, 5.41) is 11.1. The van der Waals surface area contributed by atoms with E-state index in [2.05, 4.69) is 4.98 Å². The van der Waals surface area contributed by atoms with Crippen molar-refractivity contribution in [3.63, 3.8) is 0 Å². The molecule has 0 fully saturated rings. The fourth-order valence-corrected chi connectivity index (χ4v) is 1.54. The van der Waals surface area contributed by atoms with Crippen LogP contribution in [-0.4, -0.2) is 9.91 Å². The van der Waals surface area contributed by atoms with E-state index in [1.165, 1.54) is 12.3 Å². The highest BCUT2D eigenvalue weighted by Crippen LogP contribution is 2.27. The van der Waals surface area contributed by atoms with Crippen LogP contribution in [-0.2, 0) is 6.61 Å². The summed E-state index contributed by atoms with van der Waals surface area (Å²) in [6, 6.07) is 10.7. The van der Waals surface area contributed by atoms with Crippen LogP contribution in [0.15, 0.2) is 42.6 Å². The molecule has 18 heavy (non-hydrogen) atoms. The van der Waals surface area contributed by atoms with Crippen molar-refractivity contribution in [1.82, 2.24) is 4.98 Å². The van der Waals surface area contributed by atoms with Gasteiger partial charge >= 0.3 is 5.82 Å². The third-order valence-corrected chi connectivity index (χ3v) is 2.42. The number of nitrogens with zero attached hydrogens (tertiary/aromatic N) is 2. The van der Waals surface area contributed by atoms with Crippen molar-refractivity contribution in [3.8, 4) is 5.75 Å². The van der Waals surface area contributed by atoms with Crippen LogP contribution in [0.2, 0.25) is 5.02 Å². The van der Waals surface area contributed by atoms with Crippen LogP contribution in [0, 0.1) is 10.1 Å².